The molecule has 2 saturated heterocycles. The van der Waals surface area contributed by atoms with E-state index in [4.69, 9.17) is 4.52 Å². The maximum absolute atomic E-state index is 12.7. The van der Waals surface area contributed by atoms with Crippen molar-refractivity contribution in [1.29, 1.82) is 0 Å². The van der Waals surface area contributed by atoms with Gasteiger partial charge in [-0.25, -0.2) is 0 Å². The van der Waals surface area contributed by atoms with Crippen LogP contribution in [0.2, 0.25) is 0 Å². The van der Waals surface area contributed by atoms with Crippen LogP contribution in [0.15, 0.2) is 59.1 Å². The van der Waals surface area contributed by atoms with Crippen molar-refractivity contribution in [3.05, 3.63) is 66.1 Å². The summed E-state index contributed by atoms with van der Waals surface area (Å²) in [6.45, 7) is 5.08. The van der Waals surface area contributed by atoms with Gasteiger partial charge in [-0.3, -0.25) is 9.69 Å². The van der Waals surface area contributed by atoms with E-state index in [-0.39, 0.29) is 17.8 Å². The second-order valence-electron chi connectivity index (χ2n) is 9.03. The third kappa shape index (κ3) is 5.42. The number of carbonyl (C=O) groups excluding carboxylic acids is 1. The van der Waals surface area contributed by atoms with Crippen molar-refractivity contribution < 1.29 is 9.32 Å². The van der Waals surface area contributed by atoms with Gasteiger partial charge < -0.3 is 14.7 Å². The average molecular weight is 446 g/mol. The number of nitrogens with zero attached hydrogens (tertiary/aromatic N) is 4. The first kappa shape index (κ1) is 21.6. The minimum absolute atomic E-state index is 0.0248. The van der Waals surface area contributed by atoms with Gasteiger partial charge in [-0.05, 0) is 61.9 Å². The number of rotatable bonds is 6. The largest absolute Gasteiger partial charge is 0.372 e. The summed E-state index contributed by atoms with van der Waals surface area (Å²) < 4.78 is 5.28. The summed E-state index contributed by atoms with van der Waals surface area (Å²) in [7, 11) is 0. The van der Waals surface area contributed by atoms with Crippen molar-refractivity contribution in [2.24, 2.45) is 0 Å². The molecule has 0 radical (unpaired) electrons. The van der Waals surface area contributed by atoms with E-state index in [1.165, 1.54) is 30.5 Å². The first-order chi connectivity index (χ1) is 16.2. The number of benzene rings is 2. The Bertz CT molecular complexity index is 1040. The summed E-state index contributed by atoms with van der Waals surface area (Å²) in [5.41, 5.74) is 3.40. The predicted molar refractivity (Wildman–Crippen MR) is 128 cm³/mol. The van der Waals surface area contributed by atoms with Gasteiger partial charge in [0.2, 0.25) is 5.82 Å². The summed E-state index contributed by atoms with van der Waals surface area (Å²) in [4.78, 5) is 21.8. The molecule has 0 atom stereocenters. The number of piperidine rings is 2. The lowest BCUT2D eigenvalue weighted by atomic mass is 10.0. The van der Waals surface area contributed by atoms with E-state index in [0.717, 1.165) is 51.1 Å². The molecule has 0 bridgehead atoms. The molecule has 3 heterocycles. The van der Waals surface area contributed by atoms with Crippen molar-refractivity contribution in [2.45, 2.75) is 44.7 Å². The van der Waals surface area contributed by atoms with E-state index in [1.54, 1.807) is 0 Å². The first-order valence-corrected chi connectivity index (χ1v) is 12.0. The van der Waals surface area contributed by atoms with Crippen LogP contribution in [0.4, 0.5) is 5.69 Å². The molecule has 0 saturated carbocycles. The Morgan fingerprint density at radius 2 is 1.67 bits per heavy atom. The molecule has 0 spiro atoms. The van der Waals surface area contributed by atoms with Crippen LogP contribution in [-0.2, 0) is 6.54 Å². The zero-order valence-corrected chi connectivity index (χ0v) is 18.9. The van der Waals surface area contributed by atoms with Crippen LogP contribution < -0.4 is 10.2 Å². The predicted octanol–water partition coefficient (Wildman–Crippen LogP) is 4.12. The van der Waals surface area contributed by atoms with Crippen LogP contribution in [0.1, 0.15) is 48.4 Å². The fourth-order valence-corrected chi connectivity index (χ4v) is 4.73. The van der Waals surface area contributed by atoms with Gasteiger partial charge >= 0.3 is 11.8 Å². The van der Waals surface area contributed by atoms with E-state index < -0.39 is 0 Å². The third-order valence-corrected chi connectivity index (χ3v) is 6.64. The van der Waals surface area contributed by atoms with Gasteiger partial charge in [0.1, 0.15) is 0 Å². The van der Waals surface area contributed by atoms with Gasteiger partial charge in [0.05, 0.1) is 0 Å². The number of likely N-dealkylation sites (tertiary alicyclic amines) is 1. The second-order valence-corrected chi connectivity index (χ2v) is 9.03. The molecular weight excluding hydrogens is 414 g/mol. The lowest BCUT2D eigenvalue weighted by molar-refractivity contribution is 0.0865. The number of nitrogens with one attached hydrogen (secondary N) is 1. The lowest BCUT2D eigenvalue weighted by Crippen LogP contribution is -2.44. The van der Waals surface area contributed by atoms with Gasteiger partial charge in [-0.15, -0.1) is 0 Å². The summed E-state index contributed by atoms with van der Waals surface area (Å²) in [6.07, 6.45) is 5.64. The van der Waals surface area contributed by atoms with Crippen LogP contribution in [0.25, 0.3) is 11.4 Å². The third-order valence-electron chi connectivity index (χ3n) is 6.64. The maximum atomic E-state index is 12.7. The summed E-state index contributed by atoms with van der Waals surface area (Å²) in [5, 5.41) is 7.10. The molecule has 33 heavy (non-hydrogen) atoms. The van der Waals surface area contributed by atoms with E-state index in [1.807, 2.05) is 18.2 Å². The van der Waals surface area contributed by atoms with E-state index in [2.05, 4.69) is 61.7 Å². The number of amides is 1. The molecule has 1 amide bonds. The molecule has 7 nitrogen and oxygen atoms in total. The number of aromatic nitrogens is 2. The number of hydrogen-bond donors (Lipinski definition) is 1. The Kier molecular flexibility index (Phi) is 6.67. The summed E-state index contributed by atoms with van der Waals surface area (Å²) >= 11 is 0. The van der Waals surface area contributed by atoms with Gasteiger partial charge in [0.15, 0.2) is 0 Å². The normalized spacial score (nSPS) is 17.8. The lowest BCUT2D eigenvalue weighted by Gasteiger charge is -2.32. The van der Waals surface area contributed by atoms with Crippen LogP contribution in [0.3, 0.4) is 0 Å². The van der Waals surface area contributed by atoms with Gasteiger partial charge in [-0.2, -0.15) is 4.98 Å². The van der Waals surface area contributed by atoms with Gasteiger partial charge in [0.25, 0.3) is 0 Å². The first-order valence-electron chi connectivity index (χ1n) is 12.0. The van der Waals surface area contributed by atoms with E-state index in [9.17, 15) is 4.79 Å². The SMILES string of the molecule is O=C(NC1CCN(Cc2ccccc2)CC1)c1nc(-c2ccc(N3CCCCC3)cc2)no1. The average Bonchev–Trinajstić information content (AvgIpc) is 3.37. The van der Waals surface area contributed by atoms with Gasteiger partial charge in [-0.1, -0.05) is 35.5 Å². The molecule has 1 N–H and O–H groups in total. The smallest absolute Gasteiger partial charge is 0.316 e. The van der Waals surface area contributed by atoms with Gasteiger partial charge in [0, 0.05) is 50.0 Å². The molecule has 3 aromatic rings. The zero-order chi connectivity index (χ0) is 22.5. The molecule has 2 fully saturated rings. The van der Waals surface area contributed by atoms with E-state index >= 15 is 0 Å². The highest BCUT2D eigenvalue weighted by Gasteiger charge is 2.24. The molecule has 0 unspecified atom stereocenters. The Labute approximate surface area is 194 Å². The fraction of sp³-hybridized carbons (Fsp3) is 0.423. The molecule has 2 aliphatic heterocycles. The fourth-order valence-electron chi connectivity index (χ4n) is 4.73. The van der Waals surface area contributed by atoms with Crippen LogP contribution >= 0.6 is 0 Å². The van der Waals surface area contributed by atoms with Crippen molar-refractivity contribution in [3.63, 3.8) is 0 Å². The van der Waals surface area contributed by atoms with Crippen molar-refractivity contribution in [3.8, 4) is 11.4 Å². The van der Waals surface area contributed by atoms with Crippen LogP contribution in [-0.4, -0.2) is 53.2 Å². The Hall–Kier alpha value is -3.19. The topological polar surface area (TPSA) is 74.5 Å². The molecule has 2 aromatic carbocycles. The molecule has 172 valence electrons. The van der Waals surface area contributed by atoms with Crippen molar-refractivity contribution in [1.82, 2.24) is 20.4 Å². The number of carbonyl (C=O) groups is 1. The highest BCUT2D eigenvalue weighted by Crippen LogP contribution is 2.24. The van der Waals surface area contributed by atoms with Crippen LogP contribution in [0, 0.1) is 0 Å². The maximum Gasteiger partial charge on any atom is 0.316 e. The van der Waals surface area contributed by atoms with Crippen molar-refractivity contribution >= 4 is 11.6 Å². The molecular formula is C26H31N5O2. The minimum atomic E-state index is -0.291. The molecule has 5 rings (SSSR count). The second kappa shape index (κ2) is 10.2. The zero-order valence-electron chi connectivity index (χ0n) is 18.9. The quantitative estimate of drug-likeness (QED) is 0.615. The molecule has 7 heteroatoms. The van der Waals surface area contributed by atoms with Crippen molar-refractivity contribution in [2.75, 3.05) is 31.1 Å². The van der Waals surface area contributed by atoms with Crippen LogP contribution in [0.5, 0.6) is 0 Å². The Balaban J connectivity index is 1.13. The standard InChI is InChI=1S/C26H31N5O2/c32-25(27-22-13-17-30(18-14-22)19-20-7-3-1-4-8-20)26-28-24(29-33-26)21-9-11-23(12-10-21)31-15-5-2-6-16-31/h1,3-4,7-12,22H,2,5-6,13-19H2,(H,27,32). The summed E-state index contributed by atoms with van der Waals surface area (Å²) in [5.74, 6) is 0.181. The summed E-state index contributed by atoms with van der Waals surface area (Å²) in [6, 6.07) is 18.8. The Morgan fingerprint density at radius 1 is 0.939 bits per heavy atom. The molecule has 1 aromatic heterocycles. The van der Waals surface area contributed by atoms with E-state index in [0.29, 0.717) is 5.82 Å². The molecule has 2 aliphatic rings. The number of hydrogen-bond acceptors (Lipinski definition) is 6. The minimum Gasteiger partial charge on any atom is -0.372 e. The highest BCUT2D eigenvalue weighted by atomic mass is 16.5. The number of anilines is 1. The molecule has 0 aliphatic carbocycles. The Morgan fingerprint density at radius 3 is 2.39 bits per heavy atom. The monoisotopic (exact) mass is 445 g/mol. The highest BCUT2D eigenvalue weighted by molar-refractivity contribution is 5.90.